The van der Waals surface area contributed by atoms with Crippen molar-refractivity contribution in [3.63, 3.8) is 0 Å². The van der Waals surface area contributed by atoms with Crippen molar-refractivity contribution in [2.24, 2.45) is 0 Å². The Morgan fingerprint density at radius 2 is 2.32 bits per heavy atom. The van der Waals surface area contributed by atoms with E-state index in [-0.39, 0.29) is 17.9 Å². The van der Waals surface area contributed by atoms with Gasteiger partial charge >= 0.3 is 5.97 Å². The number of esters is 1. The Labute approximate surface area is 130 Å². The van der Waals surface area contributed by atoms with Crippen LogP contribution in [0.15, 0.2) is 33.9 Å². The van der Waals surface area contributed by atoms with Crippen LogP contribution in [0.4, 0.5) is 0 Å². The number of carbonyl (C=O) groups excluding carboxylic acids is 1. The molecular formula is C15H14N2O4S. The van der Waals surface area contributed by atoms with E-state index in [2.05, 4.69) is 9.72 Å². The quantitative estimate of drug-likeness (QED) is 0.691. The molecule has 6 nitrogen and oxygen atoms in total. The van der Waals surface area contributed by atoms with Crippen LogP contribution in [0.5, 0.6) is 0 Å². The van der Waals surface area contributed by atoms with Crippen molar-refractivity contribution < 1.29 is 13.9 Å². The van der Waals surface area contributed by atoms with Crippen LogP contribution in [-0.2, 0) is 17.7 Å². The number of hydrogen-bond acceptors (Lipinski definition) is 6. The predicted molar refractivity (Wildman–Crippen MR) is 82.4 cm³/mol. The molecule has 0 spiro atoms. The third-order valence-electron chi connectivity index (χ3n) is 3.38. The molecule has 0 aromatic carbocycles. The van der Waals surface area contributed by atoms with Crippen molar-refractivity contribution in [1.29, 1.82) is 0 Å². The summed E-state index contributed by atoms with van der Waals surface area (Å²) in [6.45, 7) is 2.25. The van der Waals surface area contributed by atoms with Gasteiger partial charge in [-0.1, -0.05) is 6.92 Å². The Morgan fingerprint density at radius 1 is 1.50 bits per heavy atom. The van der Waals surface area contributed by atoms with Gasteiger partial charge in [-0.25, -0.2) is 9.78 Å². The number of aryl methyl sites for hydroxylation is 1. The zero-order chi connectivity index (χ0) is 15.7. The van der Waals surface area contributed by atoms with E-state index in [1.165, 1.54) is 35.6 Å². The first-order valence-corrected chi connectivity index (χ1v) is 7.58. The maximum atomic E-state index is 12.5. The van der Waals surface area contributed by atoms with Crippen molar-refractivity contribution >= 4 is 27.5 Å². The zero-order valence-corrected chi connectivity index (χ0v) is 13.0. The van der Waals surface area contributed by atoms with Crippen LogP contribution < -0.4 is 5.56 Å². The van der Waals surface area contributed by atoms with Crippen molar-refractivity contribution in [2.45, 2.75) is 19.9 Å². The molecule has 0 aliphatic heterocycles. The van der Waals surface area contributed by atoms with E-state index in [4.69, 9.17) is 4.42 Å². The van der Waals surface area contributed by atoms with Gasteiger partial charge in [0.1, 0.15) is 4.83 Å². The lowest BCUT2D eigenvalue weighted by Crippen LogP contribution is -2.21. The molecule has 3 rings (SSSR count). The molecule has 0 fully saturated rings. The van der Waals surface area contributed by atoms with Crippen molar-refractivity contribution in [1.82, 2.24) is 9.55 Å². The highest BCUT2D eigenvalue weighted by atomic mass is 32.1. The monoisotopic (exact) mass is 318 g/mol. The average molecular weight is 318 g/mol. The third-order valence-corrected chi connectivity index (χ3v) is 4.56. The van der Waals surface area contributed by atoms with Gasteiger partial charge in [0.05, 0.1) is 31.6 Å². The van der Waals surface area contributed by atoms with E-state index in [1.807, 2.05) is 13.0 Å². The molecule has 22 heavy (non-hydrogen) atoms. The van der Waals surface area contributed by atoms with Gasteiger partial charge in [0.2, 0.25) is 5.76 Å². The highest BCUT2D eigenvalue weighted by Crippen LogP contribution is 2.21. The van der Waals surface area contributed by atoms with Crippen LogP contribution in [0.2, 0.25) is 0 Å². The van der Waals surface area contributed by atoms with Crippen LogP contribution >= 0.6 is 11.3 Å². The lowest BCUT2D eigenvalue weighted by atomic mass is 10.2. The fourth-order valence-electron chi connectivity index (χ4n) is 2.21. The van der Waals surface area contributed by atoms with Gasteiger partial charge in [-0.05, 0) is 18.6 Å². The molecule has 0 unspecified atom stereocenters. The summed E-state index contributed by atoms with van der Waals surface area (Å²) in [6, 6.07) is 3.52. The van der Waals surface area contributed by atoms with E-state index < -0.39 is 5.97 Å². The van der Waals surface area contributed by atoms with Gasteiger partial charge < -0.3 is 9.15 Å². The van der Waals surface area contributed by atoms with E-state index >= 15 is 0 Å². The van der Waals surface area contributed by atoms with E-state index in [0.717, 1.165) is 16.1 Å². The topological polar surface area (TPSA) is 74.3 Å². The van der Waals surface area contributed by atoms with Gasteiger partial charge in [0.25, 0.3) is 5.56 Å². The molecule has 0 aliphatic carbocycles. The normalized spacial score (nSPS) is 11.0. The Hall–Kier alpha value is -2.41. The van der Waals surface area contributed by atoms with Crippen LogP contribution in [0, 0.1) is 0 Å². The molecule has 0 bridgehead atoms. The summed E-state index contributed by atoms with van der Waals surface area (Å²) >= 11 is 1.52. The minimum absolute atomic E-state index is 0.106. The molecule has 0 N–H and O–H groups in total. The average Bonchev–Trinajstić information content (AvgIpc) is 3.16. The fourth-order valence-corrected chi connectivity index (χ4v) is 3.14. The molecule has 3 aromatic heterocycles. The predicted octanol–water partition coefficient (Wildman–Crippen LogP) is 2.45. The highest BCUT2D eigenvalue weighted by molar-refractivity contribution is 7.18. The maximum absolute atomic E-state index is 12.5. The minimum Gasteiger partial charge on any atom is -0.463 e. The number of carbonyl (C=O) groups is 1. The number of thiophene rings is 1. The Morgan fingerprint density at radius 3 is 3.05 bits per heavy atom. The summed E-state index contributed by atoms with van der Waals surface area (Å²) in [5.74, 6) is -0.458. The second kappa shape index (κ2) is 5.76. The molecular weight excluding hydrogens is 304 g/mol. The highest BCUT2D eigenvalue weighted by Gasteiger charge is 2.17. The maximum Gasteiger partial charge on any atom is 0.374 e. The van der Waals surface area contributed by atoms with Crippen molar-refractivity contribution in [3.8, 4) is 0 Å². The molecule has 7 heteroatoms. The summed E-state index contributed by atoms with van der Waals surface area (Å²) in [5.41, 5.74) is 0.457. The summed E-state index contributed by atoms with van der Waals surface area (Å²) in [7, 11) is 1.28. The second-order valence-electron chi connectivity index (χ2n) is 4.73. The Bertz CT molecular complexity index is 890. The number of methoxy groups -OCH3 is 1. The lowest BCUT2D eigenvalue weighted by molar-refractivity contribution is 0.0563. The second-order valence-corrected chi connectivity index (χ2v) is 5.84. The standard InChI is InChI=1S/C15H14N2O4S/c1-3-10-6-11-13(22-10)16-8-17(14(11)18)7-9-4-5-21-12(9)15(19)20-2/h4-6,8H,3,7H2,1-2H3. The van der Waals surface area contributed by atoms with Crippen LogP contribution in [0.1, 0.15) is 27.9 Å². The molecule has 0 aliphatic rings. The van der Waals surface area contributed by atoms with E-state index in [1.54, 1.807) is 6.07 Å². The van der Waals surface area contributed by atoms with Gasteiger partial charge in [-0.15, -0.1) is 11.3 Å². The minimum atomic E-state index is -0.564. The molecule has 3 heterocycles. The first kappa shape index (κ1) is 14.5. The zero-order valence-electron chi connectivity index (χ0n) is 12.2. The summed E-state index contributed by atoms with van der Waals surface area (Å²) in [6.07, 6.45) is 3.77. The van der Waals surface area contributed by atoms with E-state index in [9.17, 15) is 9.59 Å². The number of ether oxygens (including phenoxy) is 1. The number of aromatic nitrogens is 2. The smallest absolute Gasteiger partial charge is 0.374 e. The number of fused-ring (bicyclic) bond motifs is 1. The molecule has 0 atom stereocenters. The first-order valence-electron chi connectivity index (χ1n) is 6.76. The number of furan rings is 1. The molecule has 3 aromatic rings. The summed E-state index contributed by atoms with van der Waals surface area (Å²) in [4.78, 5) is 30.3. The molecule has 114 valence electrons. The third kappa shape index (κ3) is 2.43. The number of hydrogen-bond donors (Lipinski definition) is 0. The largest absolute Gasteiger partial charge is 0.463 e. The molecule has 0 amide bonds. The van der Waals surface area contributed by atoms with Gasteiger partial charge in [-0.2, -0.15) is 0 Å². The van der Waals surface area contributed by atoms with Gasteiger partial charge in [-0.3, -0.25) is 9.36 Å². The Kier molecular flexibility index (Phi) is 3.81. The lowest BCUT2D eigenvalue weighted by Gasteiger charge is -2.04. The summed E-state index contributed by atoms with van der Waals surface area (Å²) in [5, 5.41) is 0.604. The van der Waals surface area contributed by atoms with Crippen molar-refractivity contribution in [2.75, 3.05) is 7.11 Å². The van der Waals surface area contributed by atoms with Crippen LogP contribution in [0.25, 0.3) is 10.2 Å². The van der Waals surface area contributed by atoms with Crippen LogP contribution in [0.3, 0.4) is 0 Å². The van der Waals surface area contributed by atoms with Gasteiger partial charge in [0, 0.05) is 10.4 Å². The SMILES string of the molecule is CCc1cc2c(=O)n(Cc3ccoc3C(=O)OC)cnc2s1. The van der Waals surface area contributed by atoms with Crippen LogP contribution in [-0.4, -0.2) is 22.6 Å². The first-order chi connectivity index (χ1) is 10.6. The summed E-state index contributed by atoms with van der Waals surface area (Å²) < 4.78 is 11.3. The molecule has 0 saturated carbocycles. The number of nitrogens with zero attached hydrogens (tertiary/aromatic N) is 2. The fraction of sp³-hybridized carbons (Fsp3) is 0.267. The van der Waals surface area contributed by atoms with Gasteiger partial charge in [0.15, 0.2) is 0 Å². The van der Waals surface area contributed by atoms with Crippen molar-refractivity contribution in [3.05, 3.63) is 51.3 Å². The number of rotatable bonds is 4. The van der Waals surface area contributed by atoms with E-state index in [0.29, 0.717) is 10.9 Å². The molecule has 0 saturated heterocycles. The Balaban J connectivity index is 2.01. The molecule has 0 radical (unpaired) electrons.